The second-order valence-electron chi connectivity index (χ2n) is 2.05. The van der Waals surface area contributed by atoms with Gasteiger partial charge in [-0.1, -0.05) is 13.8 Å². The average Bonchev–Trinajstić information content (AvgIpc) is 1.89. The van der Waals surface area contributed by atoms with Crippen LogP contribution in [0.2, 0.25) is 0 Å². The van der Waals surface area contributed by atoms with Crippen molar-refractivity contribution in [2.45, 2.75) is 32.6 Å². The molecule has 0 aromatic rings. The summed E-state index contributed by atoms with van der Waals surface area (Å²) in [6, 6.07) is 0. The van der Waals surface area contributed by atoms with Crippen molar-refractivity contribution in [3.8, 4) is 0 Å². The number of hydrogen-bond acceptors (Lipinski definition) is 2. The Hall–Kier alpha value is -0.530. The summed E-state index contributed by atoms with van der Waals surface area (Å²) in [5, 5.41) is 0. The first-order valence-electron chi connectivity index (χ1n) is 3.61. The Morgan fingerprint density at radius 3 is 2.90 bits per heavy atom. The largest absolute Gasteiger partial charge is 0.458 e. The molecule has 0 spiro atoms. The van der Waals surface area contributed by atoms with E-state index in [4.69, 9.17) is 4.74 Å². The molecular weight excluding hydrogens is 128 g/mol. The fourth-order valence-corrected chi connectivity index (χ4v) is 0.498. The third-order valence-electron chi connectivity index (χ3n) is 0.991. The summed E-state index contributed by atoms with van der Waals surface area (Å²) in [4.78, 5) is 10.6. The van der Waals surface area contributed by atoms with Crippen LogP contribution in [0.15, 0.2) is 0 Å². The maximum Gasteiger partial charge on any atom is 0.306 e. The van der Waals surface area contributed by atoms with E-state index >= 15 is 0 Å². The summed E-state index contributed by atoms with van der Waals surface area (Å²) >= 11 is 0. The fourth-order valence-electron chi connectivity index (χ4n) is 0.498. The summed E-state index contributed by atoms with van der Waals surface area (Å²) < 4.78 is 4.72. The van der Waals surface area contributed by atoms with Crippen molar-refractivity contribution in [2.75, 3.05) is 0 Å². The Labute approximate surface area is 62.6 Å². The van der Waals surface area contributed by atoms with Crippen LogP contribution in [0.5, 0.6) is 0 Å². The molecule has 0 fully saturated rings. The molecule has 0 aliphatic heterocycles. The first-order chi connectivity index (χ1) is 4.81. The molecule has 0 atom stereocenters. The lowest BCUT2D eigenvalue weighted by Crippen LogP contribution is -2.00. The molecule has 0 N–H and O–H groups in total. The highest BCUT2D eigenvalue weighted by atomic mass is 16.5. The predicted molar refractivity (Wildman–Crippen MR) is 39.9 cm³/mol. The van der Waals surface area contributed by atoms with E-state index in [0.717, 1.165) is 19.3 Å². The number of rotatable bonds is 5. The van der Waals surface area contributed by atoms with Gasteiger partial charge in [0.15, 0.2) is 0 Å². The van der Waals surface area contributed by atoms with Crippen LogP contribution in [0.4, 0.5) is 0 Å². The SMILES string of the molecule is [CH2]CC[CH]OC(=O)CCC. The van der Waals surface area contributed by atoms with Gasteiger partial charge >= 0.3 is 5.97 Å². The van der Waals surface area contributed by atoms with Crippen LogP contribution in [-0.2, 0) is 9.53 Å². The van der Waals surface area contributed by atoms with Gasteiger partial charge in [-0.15, -0.1) is 0 Å². The Bertz CT molecular complexity index is 89.3. The van der Waals surface area contributed by atoms with Crippen LogP contribution >= 0.6 is 0 Å². The lowest BCUT2D eigenvalue weighted by Gasteiger charge is -1.99. The number of carbonyl (C=O) groups is 1. The van der Waals surface area contributed by atoms with Crippen molar-refractivity contribution < 1.29 is 9.53 Å². The predicted octanol–water partition coefficient (Wildman–Crippen LogP) is 2.11. The van der Waals surface area contributed by atoms with Gasteiger partial charge in [0.1, 0.15) is 6.61 Å². The van der Waals surface area contributed by atoms with Gasteiger partial charge in [0, 0.05) is 6.42 Å². The number of hydrogen-bond donors (Lipinski definition) is 0. The summed E-state index contributed by atoms with van der Waals surface area (Å²) in [6.45, 7) is 7.07. The minimum absolute atomic E-state index is 0.143. The Morgan fingerprint density at radius 1 is 1.70 bits per heavy atom. The summed E-state index contributed by atoms with van der Waals surface area (Å²) in [5.41, 5.74) is 0. The number of unbranched alkanes of at least 4 members (excludes halogenated alkanes) is 1. The Kier molecular flexibility index (Phi) is 6.24. The molecule has 2 heteroatoms. The van der Waals surface area contributed by atoms with Gasteiger partial charge < -0.3 is 4.74 Å². The summed E-state index contributed by atoms with van der Waals surface area (Å²) in [6.07, 6.45) is 2.87. The molecule has 0 saturated heterocycles. The van der Waals surface area contributed by atoms with Crippen molar-refractivity contribution in [3.63, 3.8) is 0 Å². The number of carbonyl (C=O) groups excluding carboxylic acids is 1. The van der Waals surface area contributed by atoms with Crippen molar-refractivity contribution in [1.82, 2.24) is 0 Å². The van der Waals surface area contributed by atoms with Crippen LogP contribution in [0, 0.1) is 13.5 Å². The van der Waals surface area contributed by atoms with Gasteiger partial charge in [-0.3, -0.25) is 4.79 Å². The molecule has 2 nitrogen and oxygen atoms in total. The van der Waals surface area contributed by atoms with Gasteiger partial charge in [0.2, 0.25) is 0 Å². The van der Waals surface area contributed by atoms with Crippen LogP contribution < -0.4 is 0 Å². The van der Waals surface area contributed by atoms with E-state index in [1.54, 1.807) is 0 Å². The molecule has 0 aromatic carbocycles. The van der Waals surface area contributed by atoms with E-state index in [0.29, 0.717) is 6.42 Å². The molecule has 2 radical (unpaired) electrons. The van der Waals surface area contributed by atoms with Crippen LogP contribution in [-0.4, -0.2) is 5.97 Å². The zero-order valence-electron chi connectivity index (χ0n) is 6.43. The molecule has 0 unspecified atom stereocenters. The average molecular weight is 142 g/mol. The van der Waals surface area contributed by atoms with Crippen molar-refractivity contribution >= 4 is 5.97 Å². The van der Waals surface area contributed by atoms with E-state index in [2.05, 4.69) is 6.92 Å². The second-order valence-corrected chi connectivity index (χ2v) is 2.05. The first-order valence-corrected chi connectivity index (χ1v) is 3.61. The maximum absolute atomic E-state index is 10.6. The van der Waals surface area contributed by atoms with E-state index in [9.17, 15) is 4.79 Å². The second kappa shape index (κ2) is 6.59. The molecule has 0 heterocycles. The third-order valence-corrected chi connectivity index (χ3v) is 0.991. The number of esters is 1. The Morgan fingerprint density at radius 2 is 2.40 bits per heavy atom. The molecule has 0 aromatic heterocycles. The highest BCUT2D eigenvalue weighted by Crippen LogP contribution is 1.97. The molecular formula is C8H14O2. The zero-order valence-corrected chi connectivity index (χ0v) is 6.43. The van der Waals surface area contributed by atoms with Crippen LogP contribution in [0.25, 0.3) is 0 Å². The molecule has 0 saturated carbocycles. The van der Waals surface area contributed by atoms with Gasteiger partial charge in [-0.25, -0.2) is 0 Å². The van der Waals surface area contributed by atoms with E-state index in [1.807, 2.05) is 6.92 Å². The normalized spacial score (nSPS) is 9.40. The lowest BCUT2D eigenvalue weighted by molar-refractivity contribution is -0.140. The molecule has 10 heavy (non-hydrogen) atoms. The highest BCUT2D eigenvalue weighted by molar-refractivity contribution is 5.69. The van der Waals surface area contributed by atoms with Gasteiger partial charge in [-0.05, 0) is 19.3 Å². The monoisotopic (exact) mass is 142 g/mol. The molecule has 0 rings (SSSR count). The summed E-state index contributed by atoms with van der Waals surface area (Å²) in [7, 11) is 0. The first kappa shape index (κ1) is 9.47. The topological polar surface area (TPSA) is 26.3 Å². The fraction of sp³-hybridized carbons (Fsp3) is 0.625. The van der Waals surface area contributed by atoms with Crippen LogP contribution in [0.3, 0.4) is 0 Å². The molecule has 58 valence electrons. The minimum atomic E-state index is -0.143. The van der Waals surface area contributed by atoms with Crippen molar-refractivity contribution in [1.29, 1.82) is 0 Å². The number of ether oxygens (including phenoxy) is 1. The molecule has 0 amide bonds. The van der Waals surface area contributed by atoms with E-state index < -0.39 is 0 Å². The van der Waals surface area contributed by atoms with Gasteiger partial charge in [0.25, 0.3) is 0 Å². The molecule has 0 aliphatic carbocycles. The lowest BCUT2D eigenvalue weighted by atomic mass is 10.3. The maximum atomic E-state index is 10.6. The van der Waals surface area contributed by atoms with Gasteiger partial charge in [-0.2, -0.15) is 0 Å². The standard InChI is InChI=1S/C8H14O2/c1-3-5-7-10-8(9)6-4-2/h7H,1,3-6H2,2H3. The van der Waals surface area contributed by atoms with E-state index in [1.165, 1.54) is 6.61 Å². The van der Waals surface area contributed by atoms with Crippen molar-refractivity contribution in [3.05, 3.63) is 13.5 Å². The molecule has 0 bridgehead atoms. The molecule has 0 aliphatic rings. The van der Waals surface area contributed by atoms with Crippen molar-refractivity contribution in [2.24, 2.45) is 0 Å². The quantitative estimate of drug-likeness (QED) is 0.434. The summed E-state index contributed by atoms with van der Waals surface area (Å²) in [5.74, 6) is -0.143. The smallest absolute Gasteiger partial charge is 0.306 e. The minimum Gasteiger partial charge on any atom is -0.458 e. The third kappa shape index (κ3) is 5.60. The van der Waals surface area contributed by atoms with Crippen LogP contribution in [0.1, 0.15) is 32.6 Å². The van der Waals surface area contributed by atoms with E-state index in [-0.39, 0.29) is 5.97 Å². The van der Waals surface area contributed by atoms with Gasteiger partial charge in [0.05, 0.1) is 0 Å². The highest BCUT2D eigenvalue weighted by Gasteiger charge is 1.98. The Balaban J connectivity index is 3.05. The zero-order chi connectivity index (χ0) is 7.82.